The second-order valence-corrected chi connectivity index (χ2v) is 3.89. The molecule has 1 fully saturated rings. The van der Waals surface area contributed by atoms with Crippen LogP contribution in [0.15, 0.2) is 4.99 Å². The number of hydrogen-bond acceptors (Lipinski definition) is 3. The molecule has 0 saturated carbocycles. The molecule has 1 heterocycles. The fourth-order valence-corrected chi connectivity index (χ4v) is 1.33. The topological polar surface area (TPSA) is 21.6 Å². The van der Waals surface area contributed by atoms with Gasteiger partial charge in [-0.15, -0.1) is 0 Å². The van der Waals surface area contributed by atoms with Gasteiger partial charge in [-0.3, -0.25) is 4.99 Å². The van der Waals surface area contributed by atoms with Crippen molar-refractivity contribution in [2.75, 3.05) is 13.2 Å². The number of aliphatic imine (C=N–C) groups is 1. The fraction of sp³-hybridized carbons (Fsp3) is 0.833. The molecule has 2 nitrogen and oxygen atoms in total. The maximum absolute atomic E-state index is 5.57. The minimum atomic E-state index is 0.257. The van der Waals surface area contributed by atoms with E-state index in [0.29, 0.717) is 11.0 Å². The third kappa shape index (κ3) is 3.65. The van der Waals surface area contributed by atoms with Crippen molar-refractivity contribution >= 4 is 37.8 Å². The van der Waals surface area contributed by atoms with Gasteiger partial charge in [0.1, 0.15) is 0 Å². The van der Waals surface area contributed by atoms with Crippen LogP contribution in [0.2, 0.25) is 0 Å². The summed E-state index contributed by atoms with van der Waals surface area (Å²) in [6.07, 6.45) is 2.47. The normalized spacial score (nSPS) is 26.0. The van der Waals surface area contributed by atoms with Crippen LogP contribution >= 0.6 is 33.3 Å². The van der Waals surface area contributed by atoms with Gasteiger partial charge in [-0.25, -0.2) is 0 Å². The third-order valence-electron chi connectivity index (χ3n) is 1.51. The molecule has 0 amide bonds. The summed E-state index contributed by atoms with van der Waals surface area (Å²) in [6.45, 7) is 1.49. The van der Waals surface area contributed by atoms with E-state index >= 15 is 0 Å². The molecule has 0 spiro atoms. The molecule has 0 aromatic carbocycles. The van der Waals surface area contributed by atoms with Crippen molar-refractivity contribution in [1.82, 2.24) is 0 Å². The Hall–Kier alpha value is 0.560. The highest BCUT2D eigenvalue weighted by Gasteiger charge is 2.14. The molecule has 1 aliphatic rings. The zero-order chi connectivity index (χ0) is 8.10. The summed E-state index contributed by atoms with van der Waals surface area (Å²) in [4.78, 5) is 4.01. The number of hydrogen-bond donors (Lipinski definition) is 0. The fourth-order valence-electron chi connectivity index (χ4n) is 0.986. The summed E-state index contributed by atoms with van der Waals surface area (Å²) in [6, 6.07) is 0. The first kappa shape index (κ1) is 9.65. The monoisotopic (exact) mass is 213 g/mol. The molecule has 11 heavy (non-hydrogen) atoms. The Kier molecular flexibility index (Phi) is 4.60. The Morgan fingerprint density at radius 2 is 2.55 bits per heavy atom. The van der Waals surface area contributed by atoms with Gasteiger partial charge in [0.25, 0.3) is 0 Å². The van der Waals surface area contributed by atoms with Gasteiger partial charge in [-0.1, -0.05) is 11.6 Å². The number of rotatable bonds is 2. The molecule has 5 heteroatoms. The first-order chi connectivity index (χ1) is 5.33. The van der Waals surface area contributed by atoms with Gasteiger partial charge >= 0.3 is 0 Å². The van der Waals surface area contributed by atoms with E-state index in [2.05, 4.69) is 4.99 Å². The first-order valence-corrected chi connectivity index (χ1v) is 5.45. The average Bonchev–Trinajstić information content (AvgIpc) is 2.52. The highest BCUT2D eigenvalue weighted by atomic mass is 35.7. The van der Waals surface area contributed by atoms with Gasteiger partial charge in [0, 0.05) is 17.6 Å². The second kappa shape index (κ2) is 5.25. The molecule has 1 saturated heterocycles. The van der Waals surface area contributed by atoms with Crippen molar-refractivity contribution < 1.29 is 4.74 Å². The largest absolute Gasteiger partial charge is 0.376 e. The molecule has 64 valence electrons. The lowest BCUT2D eigenvalue weighted by Gasteiger charge is -2.03. The molecule has 0 radical (unpaired) electrons. The molecule has 0 N–H and O–H groups in total. The lowest BCUT2D eigenvalue weighted by molar-refractivity contribution is 0.118. The summed E-state index contributed by atoms with van der Waals surface area (Å²) in [5, 5.41) is 0. The minimum Gasteiger partial charge on any atom is -0.376 e. The van der Waals surface area contributed by atoms with Gasteiger partial charge in [0.15, 0.2) is 4.50 Å². The van der Waals surface area contributed by atoms with E-state index in [1.807, 2.05) is 0 Å². The Morgan fingerprint density at radius 1 is 1.73 bits per heavy atom. The Bertz CT molecular complexity index is 148. The molecular formula is C6H9Cl2NOS. The summed E-state index contributed by atoms with van der Waals surface area (Å²) in [5.74, 6) is 0. The van der Waals surface area contributed by atoms with E-state index in [-0.39, 0.29) is 6.10 Å². The first-order valence-electron chi connectivity index (χ1n) is 3.43. The van der Waals surface area contributed by atoms with Crippen molar-refractivity contribution in [3.8, 4) is 0 Å². The maximum atomic E-state index is 5.57. The minimum absolute atomic E-state index is 0.257. The van der Waals surface area contributed by atoms with E-state index in [9.17, 15) is 0 Å². The Labute approximate surface area is 79.8 Å². The number of nitrogens with zero attached hydrogens (tertiary/aromatic N) is 1. The van der Waals surface area contributed by atoms with Crippen LogP contribution in [0.1, 0.15) is 12.8 Å². The summed E-state index contributed by atoms with van der Waals surface area (Å²) < 4.78 is 5.72. The van der Waals surface area contributed by atoms with E-state index in [0.717, 1.165) is 30.4 Å². The summed E-state index contributed by atoms with van der Waals surface area (Å²) >= 11 is 5.57. The van der Waals surface area contributed by atoms with Crippen LogP contribution in [0.25, 0.3) is 0 Å². The van der Waals surface area contributed by atoms with Crippen LogP contribution in [0.3, 0.4) is 0 Å². The standard InChI is InChI=1S/C6H9Cl2NOS/c7-6(11-8)9-4-5-2-1-3-10-5/h5H,1-4H2/b9-6-. The zero-order valence-electron chi connectivity index (χ0n) is 5.93. The van der Waals surface area contributed by atoms with Crippen molar-refractivity contribution in [2.24, 2.45) is 4.99 Å². The molecule has 0 aromatic rings. The second-order valence-electron chi connectivity index (χ2n) is 2.31. The van der Waals surface area contributed by atoms with Crippen LogP contribution in [0.5, 0.6) is 0 Å². The predicted octanol–water partition coefficient (Wildman–Crippen LogP) is 2.65. The number of halogens is 2. The molecular weight excluding hydrogens is 205 g/mol. The highest BCUT2D eigenvalue weighted by Crippen LogP contribution is 2.16. The van der Waals surface area contributed by atoms with E-state index in [4.69, 9.17) is 27.0 Å². The van der Waals surface area contributed by atoms with Crippen molar-refractivity contribution in [3.05, 3.63) is 0 Å². The molecule has 1 unspecified atom stereocenters. The quantitative estimate of drug-likeness (QED) is 0.520. The van der Waals surface area contributed by atoms with Crippen molar-refractivity contribution in [3.63, 3.8) is 0 Å². The SMILES string of the molecule is ClS/C(Cl)=N\CC1CCCO1. The van der Waals surface area contributed by atoms with E-state index in [1.165, 1.54) is 0 Å². The maximum Gasteiger partial charge on any atom is 0.173 e. The third-order valence-corrected chi connectivity index (χ3v) is 2.79. The summed E-state index contributed by atoms with van der Waals surface area (Å²) in [7, 11) is 6.29. The van der Waals surface area contributed by atoms with Crippen LogP contribution in [-0.4, -0.2) is 23.8 Å². The van der Waals surface area contributed by atoms with Gasteiger partial charge in [-0.05, 0) is 23.5 Å². The molecule has 0 bridgehead atoms. The molecule has 1 aliphatic heterocycles. The lowest BCUT2D eigenvalue weighted by atomic mass is 10.2. The van der Waals surface area contributed by atoms with Gasteiger partial charge in [0.2, 0.25) is 0 Å². The van der Waals surface area contributed by atoms with E-state index < -0.39 is 0 Å². The van der Waals surface area contributed by atoms with Crippen LogP contribution in [0.4, 0.5) is 0 Å². The van der Waals surface area contributed by atoms with Crippen LogP contribution in [0, 0.1) is 0 Å². The van der Waals surface area contributed by atoms with Crippen molar-refractivity contribution in [1.29, 1.82) is 0 Å². The van der Waals surface area contributed by atoms with E-state index in [1.54, 1.807) is 0 Å². The number of ether oxygens (including phenoxy) is 1. The Morgan fingerprint density at radius 3 is 3.09 bits per heavy atom. The smallest absolute Gasteiger partial charge is 0.173 e. The predicted molar refractivity (Wildman–Crippen MR) is 50.6 cm³/mol. The van der Waals surface area contributed by atoms with Gasteiger partial charge < -0.3 is 4.74 Å². The summed E-state index contributed by atoms with van der Waals surface area (Å²) in [5.41, 5.74) is 0. The molecule has 0 aromatic heterocycles. The Balaban J connectivity index is 2.19. The van der Waals surface area contributed by atoms with Crippen molar-refractivity contribution in [2.45, 2.75) is 18.9 Å². The van der Waals surface area contributed by atoms with Crippen LogP contribution < -0.4 is 0 Å². The molecule has 0 aliphatic carbocycles. The van der Waals surface area contributed by atoms with Crippen LogP contribution in [-0.2, 0) is 4.74 Å². The lowest BCUT2D eigenvalue weighted by Crippen LogP contribution is -2.09. The molecule has 1 atom stereocenters. The zero-order valence-corrected chi connectivity index (χ0v) is 8.25. The average molecular weight is 214 g/mol. The molecule has 1 rings (SSSR count). The van der Waals surface area contributed by atoms with Gasteiger partial charge in [-0.2, -0.15) is 0 Å². The van der Waals surface area contributed by atoms with Gasteiger partial charge in [0.05, 0.1) is 12.6 Å². The highest BCUT2D eigenvalue weighted by molar-refractivity contribution is 8.34.